The van der Waals surface area contributed by atoms with Crippen LogP contribution in [0.5, 0.6) is 0 Å². The van der Waals surface area contributed by atoms with Crippen molar-refractivity contribution in [3.63, 3.8) is 0 Å². The predicted octanol–water partition coefficient (Wildman–Crippen LogP) is 4.95. The van der Waals surface area contributed by atoms with Crippen LogP contribution in [0.15, 0.2) is 42.5 Å². The number of hydrogen-bond acceptors (Lipinski definition) is 5. The highest BCUT2D eigenvalue weighted by atomic mass is 16.7. The summed E-state index contributed by atoms with van der Waals surface area (Å²) in [6, 6.07) is 9.11. The minimum atomic E-state index is -0.478. The van der Waals surface area contributed by atoms with Crippen LogP contribution >= 0.6 is 0 Å². The second kappa shape index (κ2) is 9.66. The van der Waals surface area contributed by atoms with Crippen molar-refractivity contribution >= 4 is 11.8 Å². The zero-order chi connectivity index (χ0) is 21.8. The topological polar surface area (TPSA) is 61.8 Å². The van der Waals surface area contributed by atoms with E-state index >= 15 is 0 Å². The van der Waals surface area contributed by atoms with Crippen molar-refractivity contribution in [3.05, 3.63) is 48.0 Å². The molecule has 0 aromatic heterocycles. The number of esters is 1. The first-order chi connectivity index (χ1) is 15.0. The molecule has 1 aromatic rings. The Bertz CT molecular complexity index is 795. The Labute approximate surface area is 185 Å². The van der Waals surface area contributed by atoms with Crippen LogP contribution in [-0.2, 0) is 19.0 Å². The molecule has 1 unspecified atom stereocenters. The standard InChI is InChI=1S/C26H34O5/c1-3-4-8-18(2)23(27)12-11-21-22-17-26(29-13-14-30-26)16-20(22)15-24(21)31-25(28)19-9-6-5-7-10-19/h5-7,9-12,18,20-22,24H,3-4,8,13-17H2,1-2H3/b12-11+/t18?,20-,21-,22+,24-/m1/s1. The van der Waals surface area contributed by atoms with E-state index in [1.807, 2.05) is 31.2 Å². The van der Waals surface area contributed by atoms with E-state index in [2.05, 4.69) is 6.92 Å². The number of rotatable bonds is 8. The van der Waals surface area contributed by atoms with Gasteiger partial charge in [-0.2, -0.15) is 0 Å². The second-order valence-electron chi connectivity index (χ2n) is 9.37. The van der Waals surface area contributed by atoms with E-state index < -0.39 is 5.79 Å². The van der Waals surface area contributed by atoms with Gasteiger partial charge in [-0.1, -0.05) is 51.0 Å². The maximum absolute atomic E-state index is 12.7. The quantitative estimate of drug-likeness (QED) is 0.435. The summed E-state index contributed by atoms with van der Waals surface area (Å²) in [4.78, 5) is 25.4. The first-order valence-electron chi connectivity index (χ1n) is 11.8. The van der Waals surface area contributed by atoms with Gasteiger partial charge in [0.05, 0.1) is 18.8 Å². The lowest BCUT2D eigenvalue weighted by Crippen LogP contribution is -2.31. The van der Waals surface area contributed by atoms with Crippen LogP contribution in [0, 0.1) is 23.7 Å². The average Bonchev–Trinajstić information content (AvgIpc) is 3.46. The number of ketones is 1. The number of benzene rings is 1. The molecule has 4 rings (SSSR count). The SMILES string of the molecule is CCCCC(C)C(=O)/C=C/[C@@H]1[C@H]2CC3(C[C@H]2C[C@H]1OC(=O)c1ccccc1)OCCO3. The summed E-state index contributed by atoms with van der Waals surface area (Å²) >= 11 is 0. The van der Waals surface area contributed by atoms with Crippen molar-refractivity contribution in [2.24, 2.45) is 23.7 Å². The van der Waals surface area contributed by atoms with Crippen LogP contribution in [-0.4, -0.2) is 36.9 Å². The Hall–Kier alpha value is -1.98. The lowest BCUT2D eigenvalue weighted by molar-refractivity contribution is -0.157. The largest absolute Gasteiger partial charge is 0.458 e. The molecule has 0 bridgehead atoms. The molecular weight excluding hydrogens is 392 g/mol. The van der Waals surface area contributed by atoms with Crippen LogP contribution in [0.2, 0.25) is 0 Å². The van der Waals surface area contributed by atoms with Crippen molar-refractivity contribution in [2.75, 3.05) is 13.2 Å². The number of carbonyl (C=O) groups excluding carboxylic acids is 2. The van der Waals surface area contributed by atoms with Gasteiger partial charge in [-0.05, 0) is 42.9 Å². The first kappa shape index (κ1) is 22.2. The summed E-state index contributed by atoms with van der Waals surface area (Å²) in [6.45, 7) is 5.41. The van der Waals surface area contributed by atoms with E-state index in [-0.39, 0.29) is 29.7 Å². The number of carbonyl (C=O) groups is 2. The zero-order valence-electron chi connectivity index (χ0n) is 18.6. The highest BCUT2D eigenvalue weighted by Gasteiger charge is 2.57. The summed E-state index contributed by atoms with van der Waals surface area (Å²) in [5, 5.41) is 0. The molecule has 2 aliphatic carbocycles. The minimum absolute atomic E-state index is 0.00663. The van der Waals surface area contributed by atoms with Gasteiger partial charge in [-0.15, -0.1) is 0 Å². The van der Waals surface area contributed by atoms with Crippen LogP contribution in [0.1, 0.15) is 62.7 Å². The van der Waals surface area contributed by atoms with Crippen LogP contribution in [0.25, 0.3) is 0 Å². The van der Waals surface area contributed by atoms with Gasteiger partial charge in [0.15, 0.2) is 11.6 Å². The molecule has 1 heterocycles. The van der Waals surface area contributed by atoms with Gasteiger partial charge in [-0.25, -0.2) is 4.79 Å². The predicted molar refractivity (Wildman–Crippen MR) is 117 cm³/mol. The fraction of sp³-hybridized carbons (Fsp3) is 0.615. The van der Waals surface area contributed by atoms with E-state index in [1.54, 1.807) is 18.2 Å². The van der Waals surface area contributed by atoms with Gasteiger partial charge in [0.25, 0.3) is 0 Å². The molecule has 31 heavy (non-hydrogen) atoms. The molecule has 2 saturated carbocycles. The summed E-state index contributed by atoms with van der Waals surface area (Å²) in [5.41, 5.74) is 0.561. The Morgan fingerprint density at radius 2 is 1.94 bits per heavy atom. The fourth-order valence-electron chi connectivity index (χ4n) is 5.53. The third-order valence-electron chi connectivity index (χ3n) is 7.22. The lowest BCUT2D eigenvalue weighted by atomic mass is 9.89. The van der Waals surface area contributed by atoms with Gasteiger partial charge >= 0.3 is 5.97 Å². The summed E-state index contributed by atoms with van der Waals surface area (Å²) in [6.07, 6.45) is 8.99. The Kier molecular flexibility index (Phi) is 6.92. The fourth-order valence-corrected chi connectivity index (χ4v) is 5.53. The molecule has 3 aliphatic rings. The molecule has 1 aromatic carbocycles. The first-order valence-corrected chi connectivity index (χ1v) is 11.8. The number of fused-ring (bicyclic) bond motifs is 1. The van der Waals surface area contributed by atoms with Gasteiger partial charge in [0, 0.05) is 24.7 Å². The molecule has 3 fully saturated rings. The molecule has 1 saturated heterocycles. The van der Waals surface area contributed by atoms with Gasteiger partial charge in [0.1, 0.15) is 6.10 Å². The molecule has 0 N–H and O–H groups in total. The second-order valence-corrected chi connectivity index (χ2v) is 9.37. The van der Waals surface area contributed by atoms with Crippen LogP contribution < -0.4 is 0 Å². The third-order valence-corrected chi connectivity index (χ3v) is 7.22. The van der Waals surface area contributed by atoms with Gasteiger partial charge in [-0.3, -0.25) is 4.79 Å². The molecule has 168 valence electrons. The Balaban J connectivity index is 1.48. The van der Waals surface area contributed by atoms with Crippen molar-refractivity contribution < 1.29 is 23.8 Å². The highest BCUT2D eigenvalue weighted by Crippen LogP contribution is 2.55. The monoisotopic (exact) mass is 426 g/mol. The zero-order valence-corrected chi connectivity index (χ0v) is 18.6. The maximum Gasteiger partial charge on any atom is 0.338 e. The molecule has 5 heteroatoms. The maximum atomic E-state index is 12.7. The van der Waals surface area contributed by atoms with E-state index in [0.29, 0.717) is 30.6 Å². The lowest BCUT2D eigenvalue weighted by Gasteiger charge is -2.26. The van der Waals surface area contributed by atoms with Crippen LogP contribution in [0.4, 0.5) is 0 Å². The van der Waals surface area contributed by atoms with Crippen molar-refractivity contribution in [1.29, 1.82) is 0 Å². The molecule has 1 spiro atoms. The Morgan fingerprint density at radius 3 is 2.65 bits per heavy atom. The summed E-state index contributed by atoms with van der Waals surface area (Å²) in [5.74, 6) is 0.0765. The average molecular weight is 427 g/mol. The van der Waals surface area contributed by atoms with Crippen molar-refractivity contribution in [2.45, 2.75) is 64.3 Å². The molecule has 5 atom stereocenters. The minimum Gasteiger partial charge on any atom is -0.458 e. The highest BCUT2D eigenvalue weighted by molar-refractivity contribution is 5.91. The van der Waals surface area contributed by atoms with Crippen molar-refractivity contribution in [3.8, 4) is 0 Å². The van der Waals surface area contributed by atoms with Gasteiger partial charge in [0.2, 0.25) is 0 Å². The third kappa shape index (κ3) is 4.93. The van der Waals surface area contributed by atoms with E-state index in [0.717, 1.165) is 38.5 Å². The summed E-state index contributed by atoms with van der Waals surface area (Å²) < 4.78 is 17.9. The number of hydrogen-bond donors (Lipinski definition) is 0. The smallest absolute Gasteiger partial charge is 0.338 e. The van der Waals surface area contributed by atoms with E-state index in [1.165, 1.54) is 0 Å². The summed E-state index contributed by atoms with van der Waals surface area (Å²) in [7, 11) is 0. The van der Waals surface area contributed by atoms with Crippen molar-refractivity contribution in [1.82, 2.24) is 0 Å². The molecule has 5 nitrogen and oxygen atoms in total. The molecule has 0 amide bonds. The molecule has 0 radical (unpaired) electrons. The molecular formula is C26H34O5. The molecule has 1 aliphatic heterocycles. The number of ether oxygens (including phenoxy) is 3. The van der Waals surface area contributed by atoms with Gasteiger partial charge < -0.3 is 14.2 Å². The number of allylic oxidation sites excluding steroid dienone is 1. The van der Waals surface area contributed by atoms with E-state index in [9.17, 15) is 9.59 Å². The van der Waals surface area contributed by atoms with E-state index in [4.69, 9.17) is 14.2 Å². The number of unbranched alkanes of at least 4 members (excludes halogenated alkanes) is 1. The van der Waals surface area contributed by atoms with Crippen LogP contribution in [0.3, 0.4) is 0 Å². The Morgan fingerprint density at radius 1 is 1.19 bits per heavy atom. The normalized spacial score (nSPS) is 30.0.